The van der Waals surface area contributed by atoms with Crippen LogP contribution in [0.25, 0.3) is 11.3 Å². The van der Waals surface area contributed by atoms with Gasteiger partial charge in [0.25, 0.3) is 0 Å². The molecule has 0 saturated heterocycles. The third kappa shape index (κ3) is 1.65. The van der Waals surface area contributed by atoms with Gasteiger partial charge >= 0.3 is 0 Å². The van der Waals surface area contributed by atoms with Gasteiger partial charge in [-0.25, -0.2) is 4.39 Å². The molecule has 0 radical (unpaired) electrons. The molecule has 1 saturated carbocycles. The van der Waals surface area contributed by atoms with Gasteiger partial charge < -0.3 is 5.73 Å². The number of amides is 1. The molecule has 2 aliphatic rings. The molecule has 0 aliphatic heterocycles. The first-order valence-corrected chi connectivity index (χ1v) is 8.20. The number of halogens is 1. The molecule has 1 unspecified atom stereocenters. The van der Waals surface area contributed by atoms with Crippen LogP contribution < -0.4 is 5.73 Å². The number of carbonyl (C=O) groups is 1. The summed E-state index contributed by atoms with van der Waals surface area (Å²) >= 11 is 0. The molecule has 1 aromatic carbocycles. The molecule has 1 heterocycles. The maximum Gasteiger partial charge on any atom is 0.221 e. The Bertz CT molecular complexity index is 863. The van der Waals surface area contributed by atoms with Crippen molar-refractivity contribution < 1.29 is 9.18 Å². The largest absolute Gasteiger partial charge is 0.369 e. The predicted octanol–water partition coefficient (Wildman–Crippen LogP) is 3.17. The lowest BCUT2D eigenvalue weighted by atomic mass is 9.66. The van der Waals surface area contributed by atoms with Gasteiger partial charge in [0.1, 0.15) is 5.82 Å². The highest BCUT2D eigenvalue weighted by Crippen LogP contribution is 2.69. The van der Waals surface area contributed by atoms with Gasteiger partial charge in [-0.15, -0.1) is 0 Å². The van der Waals surface area contributed by atoms with Crippen molar-refractivity contribution in [2.75, 3.05) is 0 Å². The van der Waals surface area contributed by atoms with Gasteiger partial charge in [-0.1, -0.05) is 32.9 Å². The lowest BCUT2D eigenvalue weighted by Gasteiger charge is -2.37. The molecule has 5 heteroatoms. The third-order valence-corrected chi connectivity index (χ3v) is 6.56. The number of nitrogens with zero attached hydrogens (tertiary/aromatic N) is 2. The van der Waals surface area contributed by atoms with Crippen molar-refractivity contribution in [3.63, 3.8) is 0 Å². The molecular formula is C19H20FN3O. The molecule has 124 valence electrons. The number of primary amides is 1. The van der Waals surface area contributed by atoms with Crippen LogP contribution in [-0.2, 0) is 10.2 Å². The fourth-order valence-electron chi connectivity index (χ4n) is 4.84. The Hall–Kier alpha value is -2.30. The number of aromatic nitrogens is 2. The average molecular weight is 325 g/mol. The van der Waals surface area contributed by atoms with E-state index in [0.717, 1.165) is 11.3 Å². The number of hydrogen-bond acceptors (Lipinski definition) is 3. The van der Waals surface area contributed by atoms with Crippen molar-refractivity contribution in [2.24, 2.45) is 17.1 Å². The van der Waals surface area contributed by atoms with E-state index in [0.29, 0.717) is 17.7 Å². The van der Waals surface area contributed by atoms with Gasteiger partial charge in [0, 0.05) is 16.9 Å². The second-order valence-electron chi connectivity index (χ2n) is 7.68. The van der Waals surface area contributed by atoms with Gasteiger partial charge in [-0.05, 0) is 41.5 Å². The highest BCUT2D eigenvalue weighted by molar-refractivity contribution is 5.81. The Morgan fingerprint density at radius 2 is 1.96 bits per heavy atom. The minimum atomic E-state index is -0.431. The zero-order chi connectivity index (χ0) is 17.3. The summed E-state index contributed by atoms with van der Waals surface area (Å²) in [5, 5.41) is 8.70. The molecular weight excluding hydrogens is 305 g/mol. The Morgan fingerprint density at radius 3 is 2.62 bits per heavy atom. The molecule has 1 amide bonds. The van der Waals surface area contributed by atoms with E-state index in [1.54, 1.807) is 18.2 Å². The number of hydrogen-bond donors (Lipinski definition) is 1. The lowest BCUT2D eigenvalue weighted by molar-refractivity contribution is -0.124. The fraction of sp³-hybridized carbons (Fsp3) is 0.421. The van der Waals surface area contributed by atoms with Crippen molar-refractivity contribution in [3.05, 3.63) is 47.4 Å². The Labute approximate surface area is 140 Å². The number of nitrogens with two attached hydrogens (primary N) is 1. The fourth-order valence-corrected chi connectivity index (χ4v) is 4.84. The van der Waals surface area contributed by atoms with E-state index < -0.39 is 5.41 Å². The molecule has 0 spiro atoms. The van der Waals surface area contributed by atoms with Crippen LogP contribution in [0.2, 0.25) is 0 Å². The van der Waals surface area contributed by atoms with E-state index >= 15 is 0 Å². The summed E-state index contributed by atoms with van der Waals surface area (Å²) in [7, 11) is 0. The summed E-state index contributed by atoms with van der Waals surface area (Å²) in [6.07, 6.45) is 0.717. The van der Waals surface area contributed by atoms with Gasteiger partial charge in [0.2, 0.25) is 5.91 Å². The van der Waals surface area contributed by atoms with Gasteiger partial charge in [-0.3, -0.25) is 4.79 Å². The maximum absolute atomic E-state index is 14.1. The van der Waals surface area contributed by atoms with Crippen molar-refractivity contribution in [3.8, 4) is 11.3 Å². The zero-order valence-corrected chi connectivity index (χ0v) is 14.0. The van der Waals surface area contributed by atoms with Crippen LogP contribution in [-0.4, -0.2) is 16.1 Å². The first-order chi connectivity index (χ1) is 11.3. The molecule has 1 aromatic heterocycles. The summed E-state index contributed by atoms with van der Waals surface area (Å²) in [6.45, 7) is 6.38. The highest BCUT2D eigenvalue weighted by atomic mass is 19.1. The highest BCUT2D eigenvalue weighted by Gasteiger charge is 2.67. The number of rotatable bonds is 2. The van der Waals surface area contributed by atoms with Crippen molar-refractivity contribution >= 4 is 5.91 Å². The molecule has 24 heavy (non-hydrogen) atoms. The zero-order valence-electron chi connectivity index (χ0n) is 14.0. The molecule has 2 aromatic rings. The first kappa shape index (κ1) is 15.2. The molecule has 1 fully saturated rings. The van der Waals surface area contributed by atoms with E-state index in [1.165, 1.54) is 6.07 Å². The summed E-state index contributed by atoms with van der Waals surface area (Å²) in [4.78, 5) is 12.0. The molecule has 2 aliphatic carbocycles. The van der Waals surface area contributed by atoms with E-state index in [9.17, 15) is 9.18 Å². The Kier molecular flexibility index (Phi) is 2.93. The summed E-state index contributed by atoms with van der Waals surface area (Å²) in [6, 6.07) is 8.51. The smallest absolute Gasteiger partial charge is 0.221 e. The van der Waals surface area contributed by atoms with Gasteiger partial charge in [0.15, 0.2) is 0 Å². The van der Waals surface area contributed by atoms with Crippen LogP contribution in [0.15, 0.2) is 30.3 Å². The van der Waals surface area contributed by atoms with Gasteiger partial charge in [-0.2, -0.15) is 10.2 Å². The molecule has 4 nitrogen and oxygen atoms in total. The number of benzene rings is 1. The second-order valence-corrected chi connectivity index (χ2v) is 7.68. The predicted molar refractivity (Wildman–Crippen MR) is 88.6 cm³/mol. The molecule has 2 bridgehead atoms. The van der Waals surface area contributed by atoms with Crippen LogP contribution in [0.4, 0.5) is 4.39 Å². The van der Waals surface area contributed by atoms with E-state index in [1.807, 2.05) is 6.07 Å². The van der Waals surface area contributed by atoms with E-state index in [-0.39, 0.29) is 29.0 Å². The monoisotopic (exact) mass is 325 g/mol. The molecule has 2 N–H and O–H groups in total. The van der Waals surface area contributed by atoms with Crippen molar-refractivity contribution in [1.82, 2.24) is 10.2 Å². The van der Waals surface area contributed by atoms with Crippen LogP contribution in [0.5, 0.6) is 0 Å². The minimum Gasteiger partial charge on any atom is -0.369 e. The summed E-state index contributed by atoms with van der Waals surface area (Å²) in [5.74, 6) is -0.649. The average Bonchev–Trinajstić information content (AvgIpc) is 2.84. The van der Waals surface area contributed by atoms with Crippen LogP contribution in [0.3, 0.4) is 0 Å². The summed E-state index contributed by atoms with van der Waals surface area (Å²) < 4.78 is 14.1. The Balaban J connectivity index is 1.89. The number of carbonyl (C=O) groups excluding carboxylic acids is 1. The van der Waals surface area contributed by atoms with E-state index in [2.05, 4.69) is 31.0 Å². The minimum absolute atomic E-state index is 0.141. The van der Waals surface area contributed by atoms with Crippen molar-refractivity contribution in [2.45, 2.75) is 38.5 Å². The van der Waals surface area contributed by atoms with Crippen LogP contribution in [0.1, 0.15) is 44.4 Å². The van der Waals surface area contributed by atoms with Crippen LogP contribution in [0, 0.1) is 17.2 Å². The van der Waals surface area contributed by atoms with Gasteiger partial charge in [0.05, 0.1) is 11.4 Å². The maximum atomic E-state index is 14.1. The molecule has 3 atom stereocenters. The second kappa shape index (κ2) is 4.62. The van der Waals surface area contributed by atoms with Crippen molar-refractivity contribution in [1.29, 1.82) is 0 Å². The van der Waals surface area contributed by atoms with E-state index in [4.69, 9.17) is 5.73 Å². The third-order valence-electron chi connectivity index (χ3n) is 6.56. The number of fused-ring (bicyclic) bond motifs is 5. The Morgan fingerprint density at radius 1 is 1.25 bits per heavy atom. The molecule has 4 rings (SSSR count). The normalized spacial score (nSPS) is 29.5. The summed E-state index contributed by atoms with van der Waals surface area (Å²) in [5.41, 5.74) is 7.98. The topological polar surface area (TPSA) is 68.9 Å². The SMILES string of the molecule is CC1(C)[C@H]2C[C@@H](C(N)=O)C1(C)c1nnc(-c3ccccc3F)cc12. The van der Waals surface area contributed by atoms with Crippen LogP contribution >= 0.6 is 0 Å². The first-order valence-electron chi connectivity index (χ1n) is 8.20. The quantitative estimate of drug-likeness (QED) is 0.922. The standard InChI is InChI=1S/C19H20FN3O/c1-18(2)12-9-13(17(21)24)19(18,3)16-11(12)8-15(22-23-16)10-6-4-5-7-14(10)20/h4-8,12-13H,9H2,1-3H3,(H2,21,24)/t12-,13-,19?/m0/s1. The lowest BCUT2D eigenvalue weighted by Crippen LogP contribution is -2.43.